The zero-order valence-corrected chi connectivity index (χ0v) is 18.1. The molecule has 0 aromatic heterocycles. The number of amides is 3. The third kappa shape index (κ3) is 8.65. The van der Waals surface area contributed by atoms with Crippen LogP contribution in [-0.2, 0) is 28.8 Å². The fraction of sp³-hybridized carbons (Fsp3) is 0.684. The van der Waals surface area contributed by atoms with E-state index in [0.29, 0.717) is 6.42 Å². The molecule has 1 aliphatic heterocycles. The van der Waals surface area contributed by atoms with Crippen molar-refractivity contribution in [1.29, 1.82) is 0 Å². The number of carbonyl (C=O) groups excluding carboxylic acids is 3. The summed E-state index contributed by atoms with van der Waals surface area (Å²) in [5.74, 6) is -6.45. The van der Waals surface area contributed by atoms with Gasteiger partial charge in [0.05, 0.1) is 6.10 Å². The van der Waals surface area contributed by atoms with Crippen LogP contribution in [0.25, 0.3) is 0 Å². The molecule has 0 bridgehead atoms. The lowest BCUT2D eigenvalue weighted by molar-refractivity contribution is -0.150. The van der Waals surface area contributed by atoms with E-state index < -0.39 is 78.7 Å². The van der Waals surface area contributed by atoms with E-state index in [0.717, 1.165) is 4.90 Å². The molecular formula is C19H30N4O10. The van der Waals surface area contributed by atoms with Crippen LogP contribution < -0.4 is 16.4 Å². The summed E-state index contributed by atoms with van der Waals surface area (Å²) in [6.45, 7) is 1.35. The number of nitrogens with two attached hydrogens (primary N) is 1. The van der Waals surface area contributed by atoms with Crippen LogP contribution in [0, 0.1) is 0 Å². The molecule has 5 unspecified atom stereocenters. The summed E-state index contributed by atoms with van der Waals surface area (Å²) in [7, 11) is 0. The van der Waals surface area contributed by atoms with Gasteiger partial charge in [-0.3, -0.25) is 24.0 Å². The number of carbonyl (C=O) groups is 6. The predicted molar refractivity (Wildman–Crippen MR) is 110 cm³/mol. The maximum absolute atomic E-state index is 12.9. The first-order valence-corrected chi connectivity index (χ1v) is 10.4. The Morgan fingerprint density at radius 3 is 1.94 bits per heavy atom. The summed E-state index contributed by atoms with van der Waals surface area (Å²) in [6, 6.07) is -5.39. The Morgan fingerprint density at radius 1 is 0.939 bits per heavy atom. The molecule has 0 saturated carbocycles. The van der Waals surface area contributed by atoms with Gasteiger partial charge in [0.25, 0.3) is 0 Å². The second kappa shape index (κ2) is 12.7. The van der Waals surface area contributed by atoms with E-state index in [1.807, 2.05) is 0 Å². The van der Waals surface area contributed by atoms with E-state index in [4.69, 9.17) is 15.9 Å². The molecule has 186 valence electrons. The predicted octanol–water partition coefficient (Wildman–Crippen LogP) is -2.53. The van der Waals surface area contributed by atoms with Crippen molar-refractivity contribution in [3.05, 3.63) is 0 Å². The minimum atomic E-state index is -1.45. The maximum Gasteiger partial charge on any atom is 0.326 e. The number of aliphatic carboxylic acids is 3. The molecule has 1 fully saturated rings. The lowest BCUT2D eigenvalue weighted by Gasteiger charge is -2.29. The van der Waals surface area contributed by atoms with Gasteiger partial charge >= 0.3 is 17.9 Å². The van der Waals surface area contributed by atoms with Gasteiger partial charge in [-0.2, -0.15) is 0 Å². The summed E-state index contributed by atoms with van der Waals surface area (Å²) in [6.07, 6.45) is -2.41. The van der Waals surface area contributed by atoms with Crippen molar-refractivity contribution in [2.75, 3.05) is 6.54 Å². The number of carboxylic acids is 3. The van der Waals surface area contributed by atoms with Crippen LogP contribution in [-0.4, -0.2) is 97.8 Å². The van der Waals surface area contributed by atoms with Gasteiger partial charge < -0.3 is 41.7 Å². The van der Waals surface area contributed by atoms with Gasteiger partial charge in [0.1, 0.15) is 24.2 Å². The summed E-state index contributed by atoms with van der Waals surface area (Å²) in [4.78, 5) is 72.3. The van der Waals surface area contributed by atoms with Crippen LogP contribution in [0.5, 0.6) is 0 Å². The number of rotatable bonds is 13. The van der Waals surface area contributed by atoms with Crippen molar-refractivity contribution in [2.24, 2.45) is 5.73 Å². The van der Waals surface area contributed by atoms with Gasteiger partial charge in [-0.1, -0.05) is 0 Å². The quantitative estimate of drug-likeness (QED) is 0.147. The van der Waals surface area contributed by atoms with Crippen LogP contribution in [0.2, 0.25) is 0 Å². The molecule has 1 aliphatic rings. The van der Waals surface area contributed by atoms with E-state index in [-0.39, 0.29) is 25.8 Å². The Labute approximate surface area is 189 Å². The molecule has 1 saturated heterocycles. The van der Waals surface area contributed by atoms with Gasteiger partial charge in [-0.15, -0.1) is 0 Å². The number of aliphatic hydroxyl groups is 1. The number of likely N-dealkylation sites (tertiary alicyclic amines) is 1. The molecule has 14 heteroatoms. The Bertz CT molecular complexity index is 772. The van der Waals surface area contributed by atoms with Crippen molar-refractivity contribution >= 4 is 35.6 Å². The molecule has 3 amide bonds. The smallest absolute Gasteiger partial charge is 0.326 e. The Kier molecular flexibility index (Phi) is 10.7. The zero-order chi connectivity index (χ0) is 25.3. The summed E-state index contributed by atoms with van der Waals surface area (Å²) < 4.78 is 0. The van der Waals surface area contributed by atoms with Crippen LogP contribution in [0.4, 0.5) is 0 Å². The summed E-state index contributed by atoms with van der Waals surface area (Å²) in [5.41, 5.74) is 5.53. The highest BCUT2D eigenvalue weighted by atomic mass is 16.4. The zero-order valence-electron chi connectivity index (χ0n) is 18.1. The molecular weight excluding hydrogens is 444 g/mol. The standard InChI is InChI=1S/C19H30N4O10/c1-9(24)15(20)17(30)21-10(4-6-13(25)26)16(29)22-11(5-7-14(27)28)18(31)23-8-2-3-12(23)19(32)33/h9-12,15,24H,2-8,20H2,1H3,(H,21,30)(H,22,29)(H,25,26)(H,27,28)(H,32,33). The molecule has 14 nitrogen and oxygen atoms in total. The fourth-order valence-electron chi connectivity index (χ4n) is 3.31. The monoisotopic (exact) mass is 474 g/mol. The number of aliphatic hydroxyl groups excluding tert-OH is 1. The van der Waals surface area contributed by atoms with E-state index in [9.17, 15) is 39.0 Å². The van der Waals surface area contributed by atoms with Crippen molar-refractivity contribution in [2.45, 2.75) is 75.7 Å². The van der Waals surface area contributed by atoms with Gasteiger partial charge in [0.15, 0.2) is 0 Å². The van der Waals surface area contributed by atoms with Crippen LogP contribution in [0.3, 0.4) is 0 Å². The first kappa shape index (κ1) is 27.8. The average molecular weight is 474 g/mol. The van der Waals surface area contributed by atoms with Crippen LogP contribution in [0.1, 0.15) is 45.4 Å². The van der Waals surface area contributed by atoms with Crippen LogP contribution in [0.15, 0.2) is 0 Å². The van der Waals surface area contributed by atoms with Crippen molar-refractivity contribution < 1.29 is 49.2 Å². The minimum Gasteiger partial charge on any atom is -0.481 e. The van der Waals surface area contributed by atoms with Crippen molar-refractivity contribution in [3.8, 4) is 0 Å². The maximum atomic E-state index is 12.9. The number of nitrogens with zero attached hydrogens (tertiary/aromatic N) is 1. The van der Waals surface area contributed by atoms with Gasteiger partial charge in [0, 0.05) is 19.4 Å². The second-order valence-corrected chi connectivity index (χ2v) is 7.78. The lowest BCUT2D eigenvalue weighted by atomic mass is 10.1. The lowest BCUT2D eigenvalue weighted by Crippen LogP contribution is -2.58. The number of carboxylic acid groups (broad SMARTS) is 3. The van der Waals surface area contributed by atoms with E-state index in [1.165, 1.54) is 6.92 Å². The number of hydrogen-bond acceptors (Lipinski definition) is 8. The van der Waals surface area contributed by atoms with Crippen molar-refractivity contribution in [3.63, 3.8) is 0 Å². The molecule has 0 aromatic rings. The van der Waals surface area contributed by atoms with Gasteiger partial charge in [0.2, 0.25) is 17.7 Å². The van der Waals surface area contributed by atoms with Crippen molar-refractivity contribution in [1.82, 2.24) is 15.5 Å². The number of hydrogen-bond donors (Lipinski definition) is 7. The Morgan fingerprint density at radius 2 is 1.45 bits per heavy atom. The van der Waals surface area contributed by atoms with E-state index in [1.54, 1.807) is 0 Å². The highest BCUT2D eigenvalue weighted by Gasteiger charge is 2.38. The highest BCUT2D eigenvalue weighted by molar-refractivity contribution is 5.94. The normalized spacial score (nSPS) is 19.1. The Hall–Kier alpha value is -3.26. The van der Waals surface area contributed by atoms with Gasteiger partial charge in [-0.05, 0) is 32.6 Å². The summed E-state index contributed by atoms with van der Waals surface area (Å²) >= 11 is 0. The van der Waals surface area contributed by atoms with Gasteiger partial charge in [-0.25, -0.2) is 4.79 Å². The molecule has 1 heterocycles. The summed E-state index contributed by atoms with van der Waals surface area (Å²) in [5, 5.41) is 41.2. The van der Waals surface area contributed by atoms with E-state index >= 15 is 0 Å². The second-order valence-electron chi connectivity index (χ2n) is 7.78. The first-order chi connectivity index (χ1) is 15.3. The molecule has 0 aromatic carbocycles. The first-order valence-electron chi connectivity index (χ1n) is 10.4. The SMILES string of the molecule is CC(O)C(N)C(=O)NC(CCC(=O)O)C(=O)NC(CCC(=O)O)C(=O)N1CCCC1C(=O)O. The Balaban J connectivity index is 3.05. The van der Waals surface area contributed by atoms with Crippen LogP contribution >= 0.6 is 0 Å². The highest BCUT2D eigenvalue weighted by Crippen LogP contribution is 2.20. The minimum absolute atomic E-state index is 0.109. The molecule has 8 N–H and O–H groups in total. The third-order valence-corrected chi connectivity index (χ3v) is 5.18. The molecule has 0 radical (unpaired) electrons. The fourth-order valence-corrected chi connectivity index (χ4v) is 3.31. The average Bonchev–Trinajstić information content (AvgIpc) is 3.22. The van der Waals surface area contributed by atoms with E-state index in [2.05, 4.69) is 10.6 Å². The molecule has 33 heavy (non-hydrogen) atoms. The number of nitrogens with one attached hydrogen (secondary N) is 2. The molecule has 0 spiro atoms. The molecule has 1 rings (SSSR count). The molecule has 0 aliphatic carbocycles. The largest absolute Gasteiger partial charge is 0.481 e. The topological polar surface area (TPSA) is 237 Å². The third-order valence-electron chi connectivity index (χ3n) is 5.18. The molecule has 5 atom stereocenters.